The highest BCUT2D eigenvalue weighted by atomic mass is 32.2. The molecule has 0 aromatic carbocycles. The van der Waals surface area contributed by atoms with E-state index in [4.69, 9.17) is 4.74 Å². The van der Waals surface area contributed by atoms with E-state index >= 15 is 0 Å². The molecule has 27 heavy (non-hydrogen) atoms. The average molecular weight is 403 g/mol. The summed E-state index contributed by atoms with van der Waals surface area (Å²) >= 11 is 0. The molecule has 2 aromatic heterocycles. The van der Waals surface area contributed by atoms with E-state index in [0.29, 0.717) is 12.8 Å². The Bertz CT molecular complexity index is 947. The van der Waals surface area contributed by atoms with E-state index in [0.717, 1.165) is 30.0 Å². The Morgan fingerprint density at radius 2 is 1.93 bits per heavy atom. The maximum absolute atomic E-state index is 13.3. The zero-order chi connectivity index (χ0) is 19.8. The van der Waals surface area contributed by atoms with E-state index in [1.165, 1.54) is 12.1 Å². The number of carbonyl (C=O) groups is 1. The number of carbonyl (C=O) groups excluding carboxylic acids is 1. The Morgan fingerprint density at radius 1 is 1.26 bits per heavy atom. The van der Waals surface area contributed by atoms with Crippen LogP contribution in [0.25, 0.3) is 5.82 Å². The second-order valence-electron chi connectivity index (χ2n) is 6.24. The molecule has 0 aliphatic heterocycles. The molecule has 7 nitrogen and oxygen atoms in total. The van der Waals surface area contributed by atoms with Gasteiger partial charge in [-0.15, -0.1) is 0 Å². The summed E-state index contributed by atoms with van der Waals surface area (Å²) in [5.41, 5.74) is -2.08. The lowest BCUT2D eigenvalue weighted by molar-refractivity contribution is -0.141. The molecule has 0 radical (unpaired) electrons. The van der Waals surface area contributed by atoms with E-state index in [9.17, 15) is 26.4 Å². The fraction of sp³-hybridized carbons (Fsp3) is 0.438. The third-order valence-electron chi connectivity index (χ3n) is 4.21. The van der Waals surface area contributed by atoms with Gasteiger partial charge in [0.05, 0.1) is 4.90 Å². The molecule has 0 bridgehead atoms. The van der Waals surface area contributed by atoms with Gasteiger partial charge in [0, 0.05) is 12.5 Å². The zero-order valence-corrected chi connectivity index (χ0v) is 15.0. The van der Waals surface area contributed by atoms with Gasteiger partial charge in [0.15, 0.2) is 27.6 Å². The average Bonchev–Trinajstić information content (AvgIpc) is 3.21. The Hall–Kier alpha value is -2.43. The largest absolute Gasteiger partial charge is 0.474 e. The molecule has 0 atom stereocenters. The molecule has 0 amide bonds. The SMILES string of the molecule is CS(=O)(=O)c1ccc(-n2nc(C(F)(F)F)c(C=O)c2OC2CCCC2)nc1. The number of sulfone groups is 1. The minimum atomic E-state index is -4.86. The molecule has 1 aliphatic rings. The van der Waals surface area contributed by atoms with Gasteiger partial charge in [-0.3, -0.25) is 4.79 Å². The van der Waals surface area contributed by atoms with Gasteiger partial charge in [-0.1, -0.05) is 0 Å². The van der Waals surface area contributed by atoms with E-state index in [-0.39, 0.29) is 29.0 Å². The highest BCUT2D eigenvalue weighted by molar-refractivity contribution is 7.90. The standard InChI is InChI=1S/C16H16F3N3O4S/c1-27(24,25)11-6-7-13(20-8-11)22-15(26-10-4-2-3-5-10)12(9-23)14(21-22)16(17,18)19/h6-10H,2-5H2,1H3. The zero-order valence-electron chi connectivity index (χ0n) is 14.2. The Morgan fingerprint density at radius 3 is 2.41 bits per heavy atom. The molecule has 2 heterocycles. The third kappa shape index (κ3) is 3.97. The van der Waals surface area contributed by atoms with Crippen LogP contribution in [0.5, 0.6) is 5.88 Å². The van der Waals surface area contributed by atoms with E-state index in [1.807, 2.05) is 0 Å². The molecular weight excluding hydrogens is 387 g/mol. The minimum Gasteiger partial charge on any atom is -0.474 e. The summed E-state index contributed by atoms with van der Waals surface area (Å²) in [6.45, 7) is 0. The summed E-state index contributed by atoms with van der Waals surface area (Å²) in [6, 6.07) is 2.41. The summed E-state index contributed by atoms with van der Waals surface area (Å²) in [5, 5.41) is 3.48. The number of alkyl halides is 3. The van der Waals surface area contributed by atoms with Gasteiger partial charge in [0.1, 0.15) is 11.7 Å². The van der Waals surface area contributed by atoms with Crippen molar-refractivity contribution in [3.05, 3.63) is 29.6 Å². The molecule has 0 unspecified atom stereocenters. The summed E-state index contributed by atoms with van der Waals surface area (Å²) in [6.07, 6.45) is -0.0564. The number of ether oxygens (including phenoxy) is 1. The first-order chi connectivity index (χ1) is 12.6. The van der Waals surface area contributed by atoms with Crippen molar-refractivity contribution in [3.8, 4) is 11.7 Å². The number of pyridine rings is 1. The van der Waals surface area contributed by atoms with Crippen LogP contribution in [0.4, 0.5) is 13.2 Å². The van der Waals surface area contributed by atoms with Crippen LogP contribution in [0.2, 0.25) is 0 Å². The lowest BCUT2D eigenvalue weighted by Crippen LogP contribution is -2.15. The maximum Gasteiger partial charge on any atom is 0.436 e. The number of aromatic nitrogens is 3. The Labute approximate surface area is 153 Å². The first-order valence-electron chi connectivity index (χ1n) is 8.10. The molecule has 1 fully saturated rings. The van der Waals surface area contributed by atoms with Crippen LogP contribution in [0.15, 0.2) is 23.2 Å². The van der Waals surface area contributed by atoms with Crippen LogP contribution in [0, 0.1) is 0 Å². The van der Waals surface area contributed by atoms with Crippen LogP contribution >= 0.6 is 0 Å². The van der Waals surface area contributed by atoms with Gasteiger partial charge in [-0.05, 0) is 37.8 Å². The van der Waals surface area contributed by atoms with Crippen molar-refractivity contribution in [2.45, 2.75) is 42.9 Å². The minimum absolute atomic E-state index is 0.0570. The van der Waals surface area contributed by atoms with E-state index in [1.54, 1.807) is 0 Å². The van der Waals surface area contributed by atoms with Gasteiger partial charge < -0.3 is 4.74 Å². The van der Waals surface area contributed by atoms with Gasteiger partial charge in [0.25, 0.3) is 0 Å². The van der Waals surface area contributed by atoms with Gasteiger partial charge in [0.2, 0.25) is 5.88 Å². The number of hydrogen-bond acceptors (Lipinski definition) is 6. The fourth-order valence-electron chi connectivity index (χ4n) is 2.88. The van der Waals surface area contributed by atoms with Crippen LogP contribution < -0.4 is 4.74 Å². The summed E-state index contributed by atoms with van der Waals surface area (Å²) < 4.78 is 69.4. The van der Waals surface area contributed by atoms with Crippen LogP contribution in [-0.4, -0.2) is 41.8 Å². The van der Waals surface area contributed by atoms with Crippen molar-refractivity contribution < 1.29 is 31.1 Å². The summed E-state index contributed by atoms with van der Waals surface area (Å²) in [4.78, 5) is 15.2. The molecule has 146 valence electrons. The highest BCUT2D eigenvalue weighted by Crippen LogP contribution is 2.37. The Balaban J connectivity index is 2.12. The van der Waals surface area contributed by atoms with Gasteiger partial charge in [-0.25, -0.2) is 13.4 Å². The number of halogens is 3. The number of aldehydes is 1. The molecule has 2 aromatic rings. The van der Waals surface area contributed by atoms with Crippen molar-refractivity contribution in [2.24, 2.45) is 0 Å². The molecule has 11 heteroatoms. The van der Waals surface area contributed by atoms with Crippen molar-refractivity contribution >= 4 is 16.1 Å². The number of rotatable bonds is 5. The molecule has 0 saturated heterocycles. The number of hydrogen-bond donors (Lipinski definition) is 0. The van der Waals surface area contributed by atoms with E-state index < -0.39 is 27.3 Å². The van der Waals surface area contributed by atoms with Crippen molar-refractivity contribution in [1.29, 1.82) is 0 Å². The second-order valence-corrected chi connectivity index (χ2v) is 8.26. The topological polar surface area (TPSA) is 91.2 Å². The molecule has 3 rings (SSSR count). The first-order valence-corrected chi connectivity index (χ1v) is 9.99. The second kappa shape index (κ2) is 6.95. The van der Waals surface area contributed by atoms with Crippen LogP contribution in [-0.2, 0) is 16.0 Å². The normalized spacial score (nSPS) is 15.9. The molecule has 0 N–H and O–H groups in total. The van der Waals surface area contributed by atoms with Crippen LogP contribution in [0.3, 0.4) is 0 Å². The predicted octanol–water partition coefficient (Wildman–Crippen LogP) is 2.82. The molecule has 1 saturated carbocycles. The molecule has 0 spiro atoms. The smallest absolute Gasteiger partial charge is 0.436 e. The van der Waals surface area contributed by atoms with E-state index in [2.05, 4.69) is 10.1 Å². The summed E-state index contributed by atoms with van der Waals surface area (Å²) in [7, 11) is -3.52. The van der Waals surface area contributed by atoms with Crippen molar-refractivity contribution in [1.82, 2.24) is 14.8 Å². The quantitative estimate of drug-likeness (QED) is 0.713. The van der Waals surface area contributed by atoms with Crippen LogP contribution in [0.1, 0.15) is 41.7 Å². The lowest BCUT2D eigenvalue weighted by Gasteiger charge is -2.14. The van der Waals surface area contributed by atoms with Crippen molar-refractivity contribution in [2.75, 3.05) is 6.26 Å². The Kier molecular flexibility index (Phi) is 4.98. The third-order valence-corrected chi connectivity index (χ3v) is 5.31. The van der Waals surface area contributed by atoms with Crippen molar-refractivity contribution in [3.63, 3.8) is 0 Å². The molecular formula is C16H16F3N3O4S. The first kappa shape index (κ1) is 19.3. The lowest BCUT2D eigenvalue weighted by atomic mass is 10.2. The maximum atomic E-state index is 13.3. The number of nitrogens with zero attached hydrogens (tertiary/aromatic N) is 3. The highest BCUT2D eigenvalue weighted by Gasteiger charge is 2.41. The summed E-state index contributed by atoms with van der Waals surface area (Å²) in [5.74, 6) is -0.433. The molecule has 1 aliphatic carbocycles. The van der Waals surface area contributed by atoms with Gasteiger partial charge in [-0.2, -0.15) is 23.0 Å². The van der Waals surface area contributed by atoms with Gasteiger partial charge >= 0.3 is 6.18 Å². The predicted molar refractivity (Wildman–Crippen MR) is 87.7 cm³/mol. The monoisotopic (exact) mass is 403 g/mol. The fourth-order valence-corrected chi connectivity index (χ4v) is 3.44.